The molecule has 0 unspecified atom stereocenters. The average molecular weight is 649 g/mol. The first-order chi connectivity index (χ1) is 22.9. The molecule has 7 rings (SSSR count). The van der Waals surface area contributed by atoms with E-state index in [9.17, 15) is 4.79 Å². The lowest BCUT2D eigenvalue weighted by atomic mass is 9.97. The molecule has 3 aromatic heterocycles. The molecule has 2 aromatic carbocycles. The van der Waals surface area contributed by atoms with Crippen LogP contribution >= 0.6 is 11.3 Å². The number of pyridine rings is 1. The average Bonchev–Trinajstić information content (AvgIpc) is 3.63. The molecule has 2 aliphatic rings. The normalized spacial score (nSPS) is 16.3. The smallest absolute Gasteiger partial charge is 0.268 e. The Hall–Kier alpha value is -4.63. The van der Waals surface area contributed by atoms with E-state index in [2.05, 4.69) is 68.1 Å². The molecule has 0 bridgehead atoms. The summed E-state index contributed by atoms with van der Waals surface area (Å²) in [5, 5.41) is 6.49. The summed E-state index contributed by atoms with van der Waals surface area (Å²) in [6.45, 7) is 5.99. The monoisotopic (exact) mass is 648 g/mol. The maximum absolute atomic E-state index is 15.5. The Morgan fingerprint density at radius 2 is 1.74 bits per heavy atom. The van der Waals surface area contributed by atoms with Gasteiger partial charge >= 0.3 is 0 Å². The second-order valence-electron chi connectivity index (χ2n) is 12.3. The molecular formula is C36H37FN8OS. The Morgan fingerprint density at radius 3 is 2.49 bits per heavy atom. The van der Waals surface area contributed by atoms with Gasteiger partial charge in [0.05, 0.1) is 12.1 Å². The van der Waals surface area contributed by atoms with Gasteiger partial charge in [0.25, 0.3) is 5.56 Å². The highest BCUT2D eigenvalue weighted by Gasteiger charge is 2.19. The highest BCUT2D eigenvalue weighted by atomic mass is 32.1. The highest BCUT2D eigenvalue weighted by molar-refractivity contribution is 7.13. The van der Waals surface area contributed by atoms with Crippen molar-refractivity contribution in [2.75, 3.05) is 63.6 Å². The van der Waals surface area contributed by atoms with E-state index in [4.69, 9.17) is 4.98 Å². The quantitative estimate of drug-likeness (QED) is 0.249. The first-order valence-electron chi connectivity index (χ1n) is 16.0. The summed E-state index contributed by atoms with van der Waals surface area (Å²) in [5.41, 5.74) is 3.47. The number of thiazole rings is 1. The summed E-state index contributed by atoms with van der Waals surface area (Å²) in [6, 6.07) is 14.9. The molecule has 0 radical (unpaired) electrons. The van der Waals surface area contributed by atoms with E-state index in [1.807, 2.05) is 23.6 Å². The van der Waals surface area contributed by atoms with Crippen LogP contribution in [0, 0.1) is 23.6 Å². The minimum absolute atomic E-state index is 0.0309. The fourth-order valence-electron chi connectivity index (χ4n) is 6.17. The Bertz CT molecular complexity index is 1980. The van der Waals surface area contributed by atoms with E-state index in [1.165, 1.54) is 27.7 Å². The van der Waals surface area contributed by atoms with Crippen molar-refractivity contribution in [3.63, 3.8) is 0 Å². The Labute approximate surface area is 277 Å². The molecule has 5 aromatic rings. The number of hydrogen-bond acceptors (Lipinski definition) is 9. The number of hydrogen-bond donors (Lipinski definition) is 1. The summed E-state index contributed by atoms with van der Waals surface area (Å²) in [5.74, 6) is 6.68. The topological polar surface area (TPSA) is 82.4 Å². The number of aromatic nitrogens is 4. The van der Waals surface area contributed by atoms with Gasteiger partial charge in [-0.25, -0.2) is 14.4 Å². The molecule has 2 saturated heterocycles. The van der Waals surface area contributed by atoms with Crippen molar-refractivity contribution in [2.24, 2.45) is 5.92 Å². The highest BCUT2D eigenvalue weighted by Crippen LogP contribution is 2.29. The Balaban J connectivity index is 1.25. The molecule has 1 N–H and O–H groups in total. The van der Waals surface area contributed by atoms with Gasteiger partial charge in [0.2, 0.25) is 5.95 Å². The number of piperazine rings is 1. The number of halogens is 1. The fourth-order valence-corrected chi connectivity index (χ4v) is 6.86. The van der Waals surface area contributed by atoms with Gasteiger partial charge in [0, 0.05) is 77.8 Å². The van der Waals surface area contributed by atoms with Crippen LogP contribution < -0.4 is 15.8 Å². The van der Waals surface area contributed by atoms with E-state index in [0.29, 0.717) is 38.7 Å². The molecular weight excluding hydrogens is 612 g/mol. The lowest BCUT2D eigenvalue weighted by Gasteiger charge is -2.34. The third kappa shape index (κ3) is 6.90. The van der Waals surface area contributed by atoms with E-state index in [0.717, 1.165) is 57.8 Å². The SMILES string of the molecule is CN1CCC(C#Cc2cc3cnc(Nc4ccc(N5CCN(C)CC5)cc4)nc3n(Cc3c(F)cccc3-c3nccs3)c2=O)CC1. The van der Waals surface area contributed by atoms with Crippen molar-refractivity contribution in [3.8, 4) is 22.4 Å². The zero-order valence-corrected chi connectivity index (χ0v) is 27.4. The number of benzene rings is 2. The summed E-state index contributed by atoms with van der Waals surface area (Å²) in [4.78, 5) is 34.9. The number of likely N-dealkylation sites (tertiary alicyclic amines) is 1. The van der Waals surface area contributed by atoms with Crippen molar-refractivity contribution < 1.29 is 4.39 Å². The van der Waals surface area contributed by atoms with Crippen LogP contribution in [-0.4, -0.2) is 82.7 Å². The minimum atomic E-state index is -0.409. The molecule has 5 heterocycles. The Kier molecular flexibility index (Phi) is 8.98. The molecule has 0 atom stereocenters. The van der Waals surface area contributed by atoms with E-state index < -0.39 is 5.82 Å². The van der Waals surface area contributed by atoms with Gasteiger partial charge in [-0.2, -0.15) is 4.98 Å². The maximum Gasteiger partial charge on any atom is 0.268 e. The molecule has 2 aliphatic heterocycles. The molecule has 9 nitrogen and oxygen atoms in total. The molecule has 2 fully saturated rings. The second kappa shape index (κ2) is 13.6. The van der Waals surface area contributed by atoms with Crippen molar-refractivity contribution in [3.05, 3.63) is 93.6 Å². The molecule has 47 heavy (non-hydrogen) atoms. The minimum Gasteiger partial charge on any atom is -0.369 e. The predicted octanol–water partition coefficient (Wildman–Crippen LogP) is 5.29. The third-order valence-corrected chi connectivity index (χ3v) is 9.85. The van der Waals surface area contributed by atoms with Gasteiger partial charge in [-0.15, -0.1) is 11.3 Å². The van der Waals surface area contributed by atoms with Crippen LogP contribution in [-0.2, 0) is 6.54 Å². The maximum atomic E-state index is 15.5. The first kappa shape index (κ1) is 31.0. The summed E-state index contributed by atoms with van der Waals surface area (Å²) in [7, 11) is 4.26. The van der Waals surface area contributed by atoms with Crippen molar-refractivity contribution in [1.29, 1.82) is 0 Å². The number of piperidine rings is 1. The van der Waals surface area contributed by atoms with Gasteiger partial charge in [-0.05, 0) is 76.4 Å². The molecule has 0 saturated carbocycles. The summed E-state index contributed by atoms with van der Waals surface area (Å²) >= 11 is 1.43. The standard InChI is InChI=1S/C36H37FN8OS/c1-42-15-12-25(13-16-42)6-7-26-22-27-23-39-36(40-28-8-10-29(11-9-28)44-19-17-43(2)18-20-44)41-33(27)45(35(26)46)24-31-30(4-3-5-32(31)37)34-38-14-21-47-34/h3-5,8-11,14,21-23,25H,12-13,15-20,24H2,1-2H3,(H,39,40,41). The number of nitrogens with zero attached hydrogens (tertiary/aromatic N) is 7. The van der Waals surface area contributed by atoms with Crippen LogP contribution in [0.4, 0.5) is 21.7 Å². The van der Waals surface area contributed by atoms with Gasteiger partial charge in [0.1, 0.15) is 16.5 Å². The van der Waals surface area contributed by atoms with Gasteiger partial charge < -0.3 is 20.0 Å². The fraction of sp³-hybridized carbons (Fsp3) is 0.333. The Morgan fingerprint density at radius 1 is 0.979 bits per heavy atom. The molecule has 0 amide bonds. The van der Waals surface area contributed by atoms with Gasteiger partial charge in [-0.3, -0.25) is 9.36 Å². The lowest BCUT2D eigenvalue weighted by molar-refractivity contribution is 0.248. The van der Waals surface area contributed by atoms with Crippen molar-refractivity contribution in [2.45, 2.75) is 19.4 Å². The van der Waals surface area contributed by atoms with Gasteiger partial charge in [0.15, 0.2) is 0 Å². The number of nitrogens with one attached hydrogen (secondary N) is 1. The zero-order valence-electron chi connectivity index (χ0n) is 26.6. The molecule has 11 heteroatoms. The van der Waals surface area contributed by atoms with Crippen LogP contribution in [0.2, 0.25) is 0 Å². The third-order valence-electron chi connectivity index (χ3n) is 9.05. The van der Waals surface area contributed by atoms with E-state index in [-0.39, 0.29) is 18.0 Å². The summed E-state index contributed by atoms with van der Waals surface area (Å²) in [6.07, 6.45) is 5.32. The van der Waals surface area contributed by atoms with Gasteiger partial charge in [-0.1, -0.05) is 24.0 Å². The van der Waals surface area contributed by atoms with E-state index >= 15 is 4.39 Å². The second-order valence-corrected chi connectivity index (χ2v) is 13.2. The molecule has 240 valence electrons. The van der Waals surface area contributed by atoms with Crippen LogP contribution in [0.5, 0.6) is 0 Å². The largest absolute Gasteiger partial charge is 0.369 e. The van der Waals surface area contributed by atoms with Crippen LogP contribution in [0.1, 0.15) is 24.0 Å². The number of fused-ring (bicyclic) bond motifs is 1. The van der Waals surface area contributed by atoms with Crippen molar-refractivity contribution >= 4 is 39.7 Å². The van der Waals surface area contributed by atoms with E-state index in [1.54, 1.807) is 24.5 Å². The first-order valence-corrected chi connectivity index (χ1v) is 16.9. The predicted molar refractivity (Wildman–Crippen MR) is 187 cm³/mol. The van der Waals surface area contributed by atoms with Crippen LogP contribution in [0.15, 0.2) is 71.1 Å². The number of rotatable bonds is 6. The number of likely N-dealkylation sites (N-methyl/N-ethyl adjacent to an activating group) is 1. The van der Waals surface area contributed by atoms with Crippen LogP contribution in [0.25, 0.3) is 21.6 Å². The molecule has 0 spiro atoms. The number of anilines is 3. The molecule has 0 aliphatic carbocycles. The van der Waals surface area contributed by atoms with Crippen LogP contribution in [0.3, 0.4) is 0 Å². The summed E-state index contributed by atoms with van der Waals surface area (Å²) < 4.78 is 17.0. The zero-order chi connectivity index (χ0) is 32.3. The van der Waals surface area contributed by atoms with Crippen molar-refractivity contribution in [1.82, 2.24) is 29.3 Å². The lowest BCUT2D eigenvalue weighted by Crippen LogP contribution is -2.44.